The summed E-state index contributed by atoms with van der Waals surface area (Å²) in [6, 6.07) is 13.7. The second-order valence-corrected chi connectivity index (χ2v) is 9.86. The van der Waals surface area contributed by atoms with Crippen molar-refractivity contribution in [3.05, 3.63) is 64.0 Å². The van der Waals surface area contributed by atoms with Crippen molar-refractivity contribution in [3.63, 3.8) is 0 Å². The largest absolute Gasteiger partial charge is 0.336 e. The number of amides is 1. The highest BCUT2D eigenvalue weighted by Crippen LogP contribution is 2.30. The van der Waals surface area contributed by atoms with E-state index < -0.39 is 0 Å². The summed E-state index contributed by atoms with van der Waals surface area (Å²) in [4.78, 5) is 23.4. The van der Waals surface area contributed by atoms with Gasteiger partial charge in [0, 0.05) is 31.1 Å². The smallest absolute Gasteiger partial charge is 0.273 e. The topological polar surface area (TPSA) is 36.4 Å². The van der Waals surface area contributed by atoms with Crippen molar-refractivity contribution in [2.45, 2.75) is 37.8 Å². The summed E-state index contributed by atoms with van der Waals surface area (Å²) in [6.07, 6.45) is 4.49. The maximum absolute atomic E-state index is 13.1. The number of piperidine rings is 1. The van der Waals surface area contributed by atoms with E-state index >= 15 is 0 Å². The highest BCUT2D eigenvalue weighted by molar-refractivity contribution is 7.20. The number of nitrogens with zero attached hydrogens (tertiary/aromatic N) is 3. The molecule has 1 fully saturated rings. The lowest BCUT2D eigenvalue weighted by Crippen LogP contribution is -2.51. The van der Waals surface area contributed by atoms with Crippen molar-refractivity contribution in [1.29, 1.82) is 0 Å². The number of rotatable bonds is 4. The number of benzene rings is 1. The molecule has 3 aromatic rings. The molecule has 1 saturated heterocycles. The van der Waals surface area contributed by atoms with E-state index in [1.54, 1.807) is 22.7 Å². The summed E-state index contributed by atoms with van der Waals surface area (Å²) in [6.45, 7) is 2.10. The van der Waals surface area contributed by atoms with Crippen molar-refractivity contribution in [1.82, 2.24) is 14.8 Å². The third-order valence-corrected chi connectivity index (χ3v) is 8.18. The highest BCUT2D eigenvalue weighted by atomic mass is 32.1. The first-order valence-electron chi connectivity index (χ1n) is 10.3. The van der Waals surface area contributed by atoms with Crippen LogP contribution in [0.15, 0.2) is 47.2 Å². The zero-order chi connectivity index (χ0) is 19.8. The van der Waals surface area contributed by atoms with Gasteiger partial charge in [-0.15, -0.1) is 22.7 Å². The van der Waals surface area contributed by atoms with Gasteiger partial charge in [0.15, 0.2) is 0 Å². The number of thiophene rings is 1. The maximum Gasteiger partial charge on any atom is 0.273 e. The minimum Gasteiger partial charge on any atom is -0.336 e. The van der Waals surface area contributed by atoms with Crippen molar-refractivity contribution in [3.8, 4) is 9.88 Å². The summed E-state index contributed by atoms with van der Waals surface area (Å²) in [5.74, 6) is 0.0469. The lowest BCUT2D eigenvalue weighted by molar-refractivity contribution is 0.0551. The third kappa shape index (κ3) is 3.77. The average molecular weight is 424 g/mol. The number of carbonyl (C=O) groups excluding carboxylic acids is 1. The van der Waals surface area contributed by atoms with E-state index in [1.807, 2.05) is 28.8 Å². The van der Waals surface area contributed by atoms with Crippen LogP contribution in [0.3, 0.4) is 0 Å². The van der Waals surface area contributed by atoms with Gasteiger partial charge >= 0.3 is 0 Å². The monoisotopic (exact) mass is 423 g/mol. The molecule has 5 rings (SSSR count). The van der Waals surface area contributed by atoms with Gasteiger partial charge in [-0.2, -0.15) is 0 Å². The van der Waals surface area contributed by atoms with Crippen LogP contribution >= 0.6 is 22.7 Å². The highest BCUT2D eigenvalue weighted by Gasteiger charge is 2.33. The van der Waals surface area contributed by atoms with Crippen LogP contribution in [0, 0.1) is 0 Å². The van der Waals surface area contributed by atoms with Crippen LogP contribution in [-0.4, -0.2) is 52.9 Å². The van der Waals surface area contributed by atoms with Crippen molar-refractivity contribution < 1.29 is 4.79 Å². The summed E-state index contributed by atoms with van der Waals surface area (Å²) in [5, 5.41) is 4.88. The molecular formula is C23H25N3OS2. The van der Waals surface area contributed by atoms with Gasteiger partial charge in [-0.3, -0.25) is 9.69 Å². The van der Waals surface area contributed by atoms with Crippen LogP contribution < -0.4 is 0 Å². The Morgan fingerprint density at radius 2 is 1.93 bits per heavy atom. The Labute approximate surface area is 179 Å². The normalized spacial score (nSPS) is 20.0. The molecule has 1 amide bonds. The fourth-order valence-electron chi connectivity index (χ4n) is 4.66. The van der Waals surface area contributed by atoms with Crippen LogP contribution in [0.25, 0.3) is 9.88 Å². The van der Waals surface area contributed by atoms with Gasteiger partial charge in [-0.25, -0.2) is 4.98 Å². The van der Waals surface area contributed by atoms with E-state index in [0.717, 1.165) is 48.7 Å². The molecule has 1 aliphatic carbocycles. The lowest BCUT2D eigenvalue weighted by Gasteiger charge is -2.40. The van der Waals surface area contributed by atoms with Gasteiger partial charge in [0.05, 0.1) is 4.88 Å². The zero-order valence-electron chi connectivity index (χ0n) is 16.6. The van der Waals surface area contributed by atoms with Crippen molar-refractivity contribution in [2.75, 3.05) is 20.1 Å². The molecule has 1 unspecified atom stereocenters. The fourth-order valence-corrected chi connectivity index (χ4v) is 6.26. The van der Waals surface area contributed by atoms with E-state index in [2.05, 4.69) is 40.2 Å². The number of fused-ring (bicyclic) bond motifs is 1. The Balaban J connectivity index is 1.25. The van der Waals surface area contributed by atoms with Gasteiger partial charge in [-0.05, 0) is 54.8 Å². The number of likely N-dealkylation sites (N-methyl/N-ethyl adjacent to an activating group) is 1. The summed E-state index contributed by atoms with van der Waals surface area (Å²) >= 11 is 3.22. The average Bonchev–Trinajstić information content (AvgIpc) is 3.52. The fraction of sp³-hybridized carbons (Fsp3) is 0.391. The first kappa shape index (κ1) is 19.0. The molecule has 4 nitrogen and oxygen atoms in total. The van der Waals surface area contributed by atoms with Crippen LogP contribution in [0.4, 0.5) is 0 Å². The molecule has 6 heteroatoms. The van der Waals surface area contributed by atoms with Gasteiger partial charge < -0.3 is 4.90 Å². The number of thiazole rings is 1. The second kappa shape index (κ2) is 8.01. The minimum absolute atomic E-state index is 0.0469. The molecule has 1 aromatic carbocycles. The number of aromatic nitrogens is 1. The standard InChI is InChI=1S/C23H25N3OS2/c1-25(23(27)20-15-29-22(24-20)21-9-5-11-28-21)18-8-4-10-26(14-18)19-12-16-6-2-3-7-17(16)13-19/h2-3,5-7,9,11,15,18-19H,4,8,10,12-14H2,1H3. The molecular weight excluding hydrogens is 398 g/mol. The molecule has 0 radical (unpaired) electrons. The maximum atomic E-state index is 13.1. The SMILES string of the molecule is CN(C(=O)c1csc(-c2cccs2)n1)C1CCCN(C2Cc3ccccc3C2)C1. The number of hydrogen-bond donors (Lipinski definition) is 0. The first-order valence-corrected chi connectivity index (χ1v) is 12.0. The molecule has 1 atom stereocenters. The van der Waals surface area contributed by atoms with Crippen LogP contribution in [0.1, 0.15) is 34.5 Å². The Morgan fingerprint density at radius 1 is 1.14 bits per heavy atom. The van der Waals surface area contributed by atoms with E-state index in [-0.39, 0.29) is 11.9 Å². The molecule has 3 heterocycles. The predicted molar refractivity (Wildman–Crippen MR) is 120 cm³/mol. The molecule has 1 aliphatic heterocycles. The Bertz CT molecular complexity index is 972. The van der Waals surface area contributed by atoms with E-state index in [1.165, 1.54) is 11.1 Å². The van der Waals surface area contributed by atoms with Gasteiger partial charge in [-0.1, -0.05) is 30.3 Å². The van der Waals surface area contributed by atoms with Crippen molar-refractivity contribution >= 4 is 28.6 Å². The van der Waals surface area contributed by atoms with E-state index in [4.69, 9.17) is 0 Å². The van der Waals surface area contributed by atoms with Crippen molar-refractivity contribution in [2.24, 2.45) is 0 Å². The second-order valence-electron chi connectivity index (χ2n) is 8.05. The molecule has 150 valence electrons. The van der Waals surface area contributed by atoms with E-state index in [0.29, 0.717) is 11.7 Å². The Hall–Kier alpha value is -2.02. The molecule has 2 aromatic heterocycles. The van der Waals surface area contributed by atoms with Gasteiger partial charge in [0.2, 0.25) is 0 Å². The number of likely N-dealkylation sites (tertiary alicyclic amines) is 1. The van der Waals surface area contributed by atoms with Gasteiger partial charge in [0.25, 0.3) is 5.91 Å². The lowest BCUT2D eigenvalue weighted by atomic mass is 10.0. The molecule has 29 heavy (non-hydrogen) atoms. The zero-order valence-corrected chi connectivity index (χ0v) is 18.2. The molecule has 0 spiro atoms. The van der Waals surface area contributed by atoms with Crippen LogP contribution in [-0.2, 0) is 12.8 Å². The first-order chi connectivity index (χ1) is 14.2. The minimum atomic E-state index is 0.0469. The summed E-state index contributed by atoms with van der Waals surface area (Å²) in [7, 11) is 1.95. The molecule has 2 aliphatic rings. The third-order valence-electron chi connectivity index (χ3n) is 6.30. The van der Waals surface area contributed by atoms with E-state index in [9.17, 15) is 4.79 Å². The molecule has 0 saturated carbocycles. The predicted octanol–water partition coefficient (Wildman–Crippen LogP) is 4.58. The molecule has 0 bridgehead atoms. The number of hydrogen-bond acceptors (Lipinski definition) is 5. The summed E-state index contributed by atoms with van der Waals surface area (Å²) < 4.78 is 0. The summed E-state index contributed by atoms with van der Waals surface area (Å²) in [5.41, 5.74) is 3.56. The Kier molecular flexibility index (Phi) is 5.24. The Morgan fingerprint density at radius 3 is 2.66 bits per heavy atom. The molecule has 0 N–H and O–H groups in total. The van der Waals surface area contributed by atoms with Crippen LogP contribution in [0.2, 0.25) is 0 Å². The van der Waals surface area contributed by atoms with Gasteiger partial charge in [0.1, 0.15) is 10.7 Å². The number of carbonyl (C=O) groups is 1. The van der Waals surface area contributed by atoms with Crippen LogP contribution in [0.5, 0.6) is 0 Å². The quantitative estimate of drug-likeness (QED) is 0.617.